The molecule has 0 aliphatic carbocycles. The van der Waals surface area contributed by atoms with Crippen LogP contribution in [0.5, 0.6) is 0 Å². The van der Waals surface area contributed by atoms with E-state index < -0.39 is 5.82 Å². The van der Waals surface area contributed by atoms with Gasteiger partial charge in [0.2, 0.25) is 0 Å². The molecule has 140 valence electrons. The normalized spacial score (nSPS) is 10.8. The molecule has 1 aromatic heterocycles. The Balaban J connectivity index is 1.46. The Hall–Kier alpha value is -2.54. The third-order valence-corrected chi connectivity index (χ3v) is 5.67. The molecule has 0 saturated carbocycles. The number of thiocarbonyl (C=S) groups is 1. The van der Waals surface area contributed by atoms with E-state index >= 15 is 0 Å². The molecule has 1 heterocycles. The van der Waals surface area contributed by atoms with Gasteiger partial charge >= 0.3 is 0 Å². The molecule has 7 heteroatoms. The number of halogens is 2. The molecule has 2 N–H and O–H groups in total. The first-order valence-electron chi connectivity index (χ1n) is 8.48. The summed E-state index contributed by atoms with van der Waals surface area (Å²) in [6, 6.07) is 18.5. The van der Waals surface area contributed by atoms with Gasteiger partial charge in [-0.3, -0.25) is 0 Å². The molecule has 0 amide bonds. The molecule has 0 fully saturated rings. The van der Waals surface area contributed by atoms with Crippen LogP contribution in [0.15, 0.2) is 60.7 Å². The van der Waals surface area contributed by atoms with E-state index in [1.54, 1.807) is 17.4 Å². The largest absolute Gasteiger partial charge is 0.332 e. The highest BCUT2D eigenvalue weighted by Gasteiger charge is 2.07. The quantitative estimate of drug-likeness (QED) is 0.350. The van der Waals surface area contributed by atoms with Crippen LogP contribution in [0.3, 0.4) is 0 Å². The number of fused-ring (bicyclic) bond motifs is 1. The third kappa shape index (κ3) is 4.14. The number of aromatic nitrogens is 1. The molecule has 0 bridgehead atoms. The summed E-state index contributed by atoms with van der Waals surface area (Å²) in [5.41, 5.74) is 4.74. The van der Waals surface area contributed by atoms with Gasteiger partial charge in [-0.15, -0.1) is 11.3 Å². The summed E-state index contributed by atoms with van der Waals surface area (Å²) in [7, 11) is 0. The Kier molecular flexibility index (Phi) is 5.26. The number of benzene rings is 3. The van der Waals surface area contributed by atoms with Crippen LogP contribution in [-0.4, -0.2) is 10.1 Å². The number of thiazole rings is 1. The fourth-order valence-corrected chi connectivity index (χ4v) is 4.20. The summed E-state index contributed by atoms with van der Waals surface area (Å²) in [6.45, 7) is 2.08. The molecule has 0 saturated heterocycles. The molecule has 28 heavy (non-hydrogen) atoms. The smallest absolute Gasteiger partial charge is 0.175 e. The molecule has 0 spiro atoms. The van der Waals surface area contributed by atoms with Gasteiger partial charge in [-0.2, -0.15) is 0 Å². The average Bonchev–Trinajstić information content (AvgIpc) is 3.08. The van der Waals surface area contributed by atoms with E-state index in [1.165, 1.54) is 22.4 Å². The molecule has 0 unspecified atom stereocenters. The van der Waals surface area contributed by atoms with E-state index in [1.807, 2.05) is 30.3 Å². The Morgan fingerprint density at radius 1 is 1.00 bits per heavy atom. The van der Waals surface area contributed by atoms with Crippen molar-refractivity contribution in [2.45, 2.75) is 6.92 Å². The van der Waals surface area contributed by atoms with Crippen molar-refractivity contribution in [2.24, 2.45) is 0 Å². The second-order valence-electron chi connectivity index (χ2n) is 6.28. The van der Waals surface area contributed by atoms with Crippen LogP contribution in [0.2, 0.25) is 5.02 Å². The van der Waals surface area contributed by atoms with Crippen molar-refractivity contribution in [2.75, 3.05) is 10.6 Å². The van der Waals surface area contributed by atoms with Crippen LogP contribution in [0.1, 0.15) is 5.56 Å². The standard InChI is InChI=1S/C21H15ClFN3S2/c1-12-2-9-18-19(10-12)28-20(26-18)13-3-5-14(6-4-13)24-21(27)25-15-7-8-17(23)16(22)11-15/h2-11H,1H3,(H2,24,25,27). The molecule has 4 aromatic rings. The van der Waals surface area contributed by atoms with Crippen molar-refractivity contribution in [1.29, 1.82) is 0 Å². The average molecular weight is 428 g/mol. The van der Waals surface area contributed by atoms with Crippen molar-refractivity contribution in [3.8, 4) is 10.6 Å². The summed E-state index contributed by atoms with van der Waals surface area (Å²) in [6.07, 6.45) is 0. The molecule has 0 aliphatic heterocycles. The lowest BCUT2D eigenvalue weighted by atomic mass is 10.2. The summed E-state index contributed by atoms with van der Waals surface area (Å²) in [5.74, 6) is -0.466. The van der Waals surface area contributed by atoms with Crippen LogP contribution in [0, 0.1) is 12.7 Å². The fourth-order valence-electron chi connectivity index (χ4n) is 2.72. The number of anilines is 2. The summed E-state index contributed by atoms with van der Waals surface area (Å²) in [5, 5.41) is 7.51. The Labute approximate surface area is 176 Å². The molecule has 3 nitrogen and oxygen atoms in total. The maximum absolute atomic E-state index is 13.2. The number of nitrogens with zero attached hydrogens (tertiary/aromatic N) is 1. The highest BCUT2D eigenvalue weighted by atomic mass is 35.5. The van der Waals surface area contributed by atoms with Gasteiger partial charge in [-0.05, 0) is 79.3 Å². The number of rotatable bonds is 3. The van der Waals surface area contributed by atoms with E-state index in [0.29, 0.717) is 10.8 Å². The van der Waals surface area contributed by atoms with Crippen LogP contribution in [0.25, 0.3) is 20.8 Å². The molecule has 4 rings (SSSR count). The summed E-state index contributed by atoms with van der Waals surface area (Å²) in [4.78, 5) is 4.70. The van der Waals surface area contributed by atoms with Crippen LogP contribution in [0.4, 0.5) is 15.8 Å². The van der Waals surface area contributed by atoms with Gasteiger partial charge in [0.05, 0.1) is 15.2 Å². The van der Waals surface area contributed by atoms with Crippen LogP contribution in [-0.2, 0) is 0 Å². The SMILES string of the molecule is Cc1ccc2nc(-c3ccc(NC(=S)Nc4ccc(F)c(Cl)c4)cc3)sc2c1. The molecule has 0 atom stereocenters. The zero-order valence-corrected chi connectivity index (χ0v) is 17.2. The Morgan fingerprint density at radius 2 is 1.71 bits per heavy atom. The Morgan fingerprint density at radius 3 is 2.46 bits per heavy atom. The highest BCUT2D eigenvalue weighted by molar-refractivity contribution is 7.80. The van der Waals surface area contributed by atoms with E-state index in [9.17, 15) is 4.39 Å². The minimum absolute atomic E-state index is 0.0446. The lowest BCUT2D eigenvalue weighted by Crippen LogP contribution is -2.19. The maximum Gasteiger partial charge on any atom is 0.175 e. The zero-order valence-electron chi connectivity index (χ0n) is 14.8. The van der Waals surface area contributed by atoms with Gasteiger partial charge < -0.3 is 10.6 Å². The van der Waals surface area contributed by atoms with Gasteiger partial charge in [0.25, 0.3) is 0 Å². The number of nitrogens with one attached hydrogen (secondary N) is 2. The van der Waals surface area contributed by atoms with Gasteiger partial charge in [-0.1, -0.05) is 17.7 Å². The number of aryl methyl sites for hydroxylation is 1. The minimum Gasteiger partial charge on any atom is -0.332 e. The lowest BCUT2D eigenvalue weighted by Gasteiger charge is -2.11. The maximum atomic E-state index is 13.2. The predicted octanol–water partition coefficient (Wildman–Crippen LogP) is 6.87. The molecule has 3 aromatic carbocycles. The van der Waals surface area contributed by atoms with Crippen molar-refractivity contribution >= 4 is 61.9 Å². The molecular weight excluding hydrogens is 413 g/mol. The summed E-state index contributed by atoms with van der Waals surface area (Å²) >= 11 is 12.8. The zero-order chi connectivity index (χ0) is 19.7. The Bertz CT molecular complexity index is 1170. The topological polar surface area (TPSA) is 37.0 Å². The van der Waals surface area contributed by atoms with Crippen LogP contribution < -0.4 is 10.6 Å². The lowest BCUT2D eigenvalue weighted by molar-refractivity contribution is 0.628. The second kappa shape index (κ2) is 7.83. The first-order valence-corrected chi connectivity index (χ1v) is 10.1. The van der Waals surface area contributed by atoms with Crippen molar-refractivity contribution in [3.63, 3.8) is 0 Å². The van der Waals surface area contributed by atoms with E-state index in [0.717, 1.165) is 21.8 Å². The third-order valence-electron chi connectivity index (χ3n) is 4.11. The monoisotopic (exact) mass is 427 g/mol. The van der Waals surface area contributed by atoms with Gasteiger partial charge in [-0.25, -0.2) is 9.37 Å². The van der Waals surface area contributed by atoms with E-state index in [4.69, 9.17) is 28.8 Å². The molecule has 0 aliphatic rings. The first-order chi connectivity index (χ1) is 13.5. The number of hydrogen-bond acceptors (Lipinski definition) is 3. The van der Waals surface area contributed by atoms with Gasteiger partial charge in [0.15, 0.2) is 5.11 Å². The van der Waals surface area contributed by atoms with Crippen LogP contribution >= 0.6 is 35.2 Å². The molecular formula is C21H15ClFN3S2. The highest BCUT2D eigenvalue weighted by Crippen LogP contribution is 2.31. The van der Waals surface area contributed by atoms with Crippen molar-refractivity contribution < 1.29 is 4.39 Å². The predicted molar refractivity (Wildman–Crippen MR) is 121 cm³/mol. The summed E-state index contributed by atoms with van der Waals surface area (Å²) < 4.78 is 14.4. The van der Waals surface area contributed by atoms with Gasteiger partial charge in [0, 0.05) is 16.9 Å². The van der Waals surface area contributed by atoms with E-state index in [-0.39, 0.29) is 5.02 Å². The fraction of sp³-hybridized carbons (Fsp3) is 0.0476. The first kappa shape index (κ1) is 18.8. The molecule has 0 radical (unpaired) electrons. The van der Waals surface area contributed by atoms with Crippen molar-refractivity contribution in [1.82, 2.24) is 4.98 Å². The number of hydrogen-bond donors (Lipinski definition) is 2. The minimum atomic E-state index is -0.466. The van der Waals surface area contributed by atoms with Gasteiger partial charge in [0.1, 0.15) is 10.8 Å². The second-order valence-corrected chi connectivity index (χ2v) is 8.12. The van der Waals surface area contributed by atoms with Crippen molar-refractivity contribution in [3.05, 3.63) is 77.1 Å². The van der Waals surface area contributed by atoms with E-state index in [2.05, 4.69) is 29.7 Å².